The van der Waals surface area contributed by atoms with E-state index < -0.39 is 0 Å². The van der Waals surface area contributed by atoms with E-state index in [1.165, 1.54) is 44.1 Å². The molecule has 24 heavy (non-hydrogen) atoms. The highest BCUT2D eigenvalue weighted by Crippen LogP contribution is 2.64. The van der Waals surface area contributed by atoms with Gasteiger partial charge in [0.25, 0.3) is 0 Å². The summed E-state index contributed by atoms with van der Waals surface area (Å²) in [5.41, 5.74) is 1.78. The Hall–Kier alpha value is -1.31. The van der Waals surface area contributed by atoms with E-state index in [0.29, 0.717) is 5.56 Å². The maximum atomic E-state index is 12.7. The molecular formula is C22H30O2. The fraction of sp³-hybridized carbons (Fsp3) is 0.682. The second-order valence-corrected chi connectivity index (χ2v) is 9.15. The maximum absolute atomic E-state index is 12.7. The van der Waals surface area contributed by atoms with Crippen LogP contribution in [0.25, 0.3) is 0 Å². The summed E-state index contributed by atoms with van der Waals surface area (Å²) in [6.45, 7) is 6.46. The van der Waals surface area contributed by atoms with Crippen molar-refractivity contribution in [1.82, 2.24) is 0 Å². The van der Waals surface area contributed by atoms with E-state index in [4.69, 9.17) is 4.74 Å². The molecule has 0 radical (unpaired) electrons. The molecule has 0 N–H and O–H groups in total. The molecule has 0 saturated heterocycles. The van der Waals surface area contributed by atoms with Crippen LogP contribution in [0.5, 0.6) is 0 Å². The Morgan fingerprint density at radius 2 is 1.54 bits per heavy atom. The molecule has 4 aliphatic rings. The van der Waals surface area contributed by atoms with Gasteiger partial charge < -0.3 is 4.74 Å². The van der Waals surface area contributed by atoms with Crippen LogP contribution in [-0.2, 0) is 11.2 Å². The fourth-order valence-corrected chi connectivity index (χ4v) is 6.12. The average Bonchev–Trinajstić information content (AvgIpc) is 2.53. The van der Waals surface area contributed by atoms with E-state index in [2.05, 4.69) is 20.8 Å². The zero-order valence-corrected chi connectivity index (χ0v) is 15.3. The van der Waals surface area contributed by atoms with Gasteiger partial charge in [0, 0.05) is 5.41 Å². The first-order valence-electron chi connectivity index (χ1n) is 9.73. The van der Waals surface area contributed by atoms with E-state index in [1.807, 2.05) is 24.3 Å². The van der Waals surface area contributed by atoms with Crippen LogP contribution < -0.4 is 0 Å². The van der Waals surface area contributed by atoms with Crippen molar-refractivity contribution < 1.29 is 9.53 Å². The molecule has 0 heterocycles. The monoisotopic (exact) mass is 326 g/mol. The van der Waals surface area contributed by atoms with Crippen molar-refractivity contribution in [3.05, 3.63) is 35.4 Å². The van der Waals surface area contributed by atoms with Crippen LogP contribution in [0.2, 0.25) is 0 Å². The van der Waals surface area contributed by atoms with Gasteiger partial charge in [0.05, 0.1) is 5.56 Å². The van der Waals surface area contributed by atoms with Gasteiger partial charge in [0.2, 0.25) is 0 Å². The smallest absolute Gasteiger partial charge is 0.338 e. The first-order chi connectivity index (χ1) is 11.4. The molecule has 2 nitrogen and oxygen atoms in total. The lowest BCUT2D eigenvalue weighted by Gasteiger charge is -2.61. The van der Waals surface area contributed by atoms with Gasteiger partial charge >= 0.3 is 5.97 Å². The number of carbonyl (C=O) groups is 1. The van der Waals surface area contributed by atoms with E-state index in [-0.39, 0.29) is 17.0 Å². The molecule has 4 aliphatic carbocycles. The second-order valence-electron chi connectivity index (χ2n) is 9.15. The molecule has 4 saturated carbocycles. The van der Waals surface area contributed by atoms with Crippen molar-refractivity contribution >= 4 is 5.97 Å². The van der Waals surface area contributed by atoms with Crippen LogP contribution in [0.1, 0.15) is 75.2 Å². The number of hydrogen-bond donors (Lipinski definition) is 0. The molecule has 0 spiro atoms. The summed E-state index contributed by atoms with van der Waals surface area (Å²) in [6, 6.07) is 7.90. The predicted molar refractivity (Wildman–Crippen MR) is 95.9 cm³/mol. The first kappa shape index (κ1) is 16.2. The Bertz CT molecular complexity index is 591. The third-order valence-corrected chi connectivity index (χ3v) is 7.26. The topological polar surface area (TPSA) is 26.3 Å². The first-order valence-corrected chi connectivity index (χ1v) is 9.73. The summed E-state index contributed by atoms with van der Waals surface area (Å²) < 4.78 is 6.14. The molecule has 0 atom stereocenters. The van der Waals surface area contributed by atoms with Crippen LogP contribution in [-0.4, -0.2) is 11.6 Å². The van der Waals surface area contributed by atoms with Gasteiger partial charge in [-0.2, -0.15) is 0 Å². The highest BCUT2D eigenvalue weighted by molar-refractivity contribution is 5.89. The standard InChI is InChI=1S/C22H30O2/c1-4-15-5-7-19(8-6-15)20(23)24-21(2,3)22-12-16-9-17(13-22)11-18(10-16)14-22/h5-8,16-18H,4,9-14H2,1-3H3. The maximum Gasteiger partial charge on any atom is 0.338 e. The van der Waals surface area contributed by atoms with Crippen LogP contribution in [0.3, 0.4) is 0 Å². The molecule has 130 valence electrons. The van der Waals surface area contributed by atoms with Crippen molar-refractivity contribution in [2.24, 2.45) is 23.2 Å². The molecule has 4 bridgehead atoms. The number of carbonyl (C=O) groups excluding carboxylic acids is 1. The molecule has 0 amide bonds. The lowest BCUT2D eigenvalue weighted by molar-refractivity contribution is -0.164. The zero-order valence-electron chi connectivity index (χ0n) is 15.3. The number of rotatable bonds is 4. The van der Waals surface area contributed by atoms with Gasteiger partial charge in [-0.05, 0) is 94.2 Å². The molecule has 0 aromatic heterocycles. The Labute approximate surface area is 146 Å². The highest BCUT2D eigenvalue weighted by Gasteiger charge is 2.58. The summed E-state index contributed by atoms with van der Waals surface area (Å²) in [5.74, 6) is 2.47. The number of benzene rings is 1. The predicted octanol–water partition coefficient (Wildman–Crippen LogP) is 5.40. The summed E-state index contributed by atoms with van der Waals surface area (Å²) in [4.78, 5) is 12.7. The van der Waals surface area contributed by atoms with Crippen molar-refractivity contribution in [2.45, 2.75) is 71.3 Å². The minimum atomic E-state index is -0.372. The highest BCUT2D eigenvalue weighted by atomic mass is 16.6. The third kappa shape index (κ3) is 2.59. The van der Waals surface area contributed by atoms with Crippen molar-refractivity contribution in [3.8, 4) is 0 Å². The molecule has 1 aromatic carbocycles. The molecule has 0 aliphatic heterocycles. The number of esters is 1. The number of aryl methyl sites for hydroxylation is 1. The minimum absolute atomic E-state index is 0.154. The lowest BCUT2D eigenvalue weighted by Crippen LogP contribution is -2.57. The van der Waals surface area contributed by atoms with E-state index in [0.717, 1.165) is 24.2 Å². The van der Waals surface area contributed by atoms with Gasteiger partial charge in [-0.3, -0.25) is 0 Å². The van der Waals surface area contributed by atoms with Crippen molar-refractivity contribution in [2.75, 3.05) is 0 Å². The number of hydrogen-bond acceptors (Lipinski definition) is 2. The summed E-state index contributed by atoms with van der Waals surface area (Å²) >= 11 is 0. The molecule has 2 heteroatoms. The van der Waals surface area contributed by atoms with Crippen molar-refractivity contribution in [1.29, 1.82) is 0 Å². The van der Waals surface area contributed by atoms with E-state index in [9.17, 15) is 4.79 Å². The minimum Gasteiger partial charge on any atom is -0.455 e. The summed E-state index contributed by atoms with van der Waals surface area (Å²) in [7, 11) is 0. The summed E-state index contributed by atoms with van der Waals surface area (Å²) in [6.07, 6.45) is 9.02. The van der Waals surface area contributed by atoms with Gasteiger partial charge in [-0.25, -0.2) is 4.79 Å². The fourth-order valence-electron chi connectivity index (χ4n) is 6.12. The van der Waals surface area contributed by atoms with Gasteiger partial charge in [0.15, 0.2) is 0 Å². The molecule has 1 aromatic rings. The zero-order chi connectivity index (χ0) is 16.9. The molecular weight excluding hydrogens is 296 g/mol. The largest absolute Gasteiger partial charge is 0.455 e. The van der Waals surface area contributed by atoms with Gasteiger partial charge in [-0.1, -0.05) is 19.1 Å². The SMILES string of the molecule is CCc1ccc(C(=O)OC(C)(C)C23CC4CC(CC(C4)C2)C3)cc1. The molecule has 5 rings (SSSR count). The third-order valence-electron chi connectivity index (χ3n) is 7.26. The van der Waals surface area contributed by atoms with Crippen LogP contribution in [0, 0.1) is 23.2 Å². The van der Waals surface area contributed by atoms with Crippen LogP contribution in [0.15, 0.2) is 24.3 Å². The Morgan fingerprint density at radius 1 is 1.04 bits per heavy atom. The Balaban J connectivity index is 1.53. The Morgan fingerprint density at radius 3 is 2.00 bits per heavy atom. The Kier molecular flexibility index (Phi) is 3.78. The van der Waals surface area contributed by atoms with E-state index in [1.54, 1.807) is 0 Å². The second kappa shape index (κ2) is 5.61. The molecule has 4 fully saturated rings. The van der Waals surface area contributed by atoms with Crippen LogP contribution >= 0.6 is 0 Å². The van der Waals surface area contributed by atoms with Crippen molar-refractivity contribution in [3.63, 3.8) is 0 Å². The molecule has 0 unspecified atom stereocenters. The van der Waals surface area contributed by atoms with E-state index >= 15 is 0 Å². The normalized spacial score (nSPS) is 34.4. The number of ether oxygens (including phenoxy) is 1. The van der Waals surface area contributed by atoms with Gasteiger partial charge in [0.1, 0.15) is 5.60 Å². The quantitative estimate of drug-likeness (QED) is 0.692. The van der Waals surface area contributed by atoms with Crippen LogP contribution in [0.4, 0.5) is 0 Å². The average molecular weight is 326 g/mol. The lowest BCUT2D eigenvalue weighted by atomic mass is 9.46. The summed E-state index contributed by atoms with van der Waals surface area (Å²) in [5, 5.41) is 0. The van der Waals surface area contributed by atoms with Gasteiger partial charge in [-0.15, -0.1) is 0 Å².